The van der Waals surface area contributed by atoms with Crippen molar-refractivity contribution in [2.24, 2.45) is 10.5 Å². The van der Waals surface area contributed by atoms with Gasteiger partial charge in [-0.3, -0.25) is 14.9 Å². The Kier molecular flexibility index (Phi) is 7.68. The minimum atomic E-state index is -0.638. The average molecular weight is 458 g/mol. The average Bonchev–Trinajstić information content (AvgIpc) is 2.70. The highest BCUT2D eigenvalue weighted by Crippen LogP contribution is 2.39. The van der Waals surface area contributed by atoms with Crippen molar-refractivity contribution in [3.05, 3.63) is 57.6 Å². The first-order chi connectivity index (χ1) is 15.2. The first-order valence-electron chi connectivity index (χ1n) is 10.5. The number of amides is 1. The smallest absolute Gasteiger partial charge is 0.311 e. The summed E-state index contributed by atoms with van der Waals surface area (Å²) in [5, 5.41) is 34.9. The zero-order chi connectivity index (χ0) is 25.0. The molecular formula is C24H31N3O6. The van der Waals surface area contributed by atoms with Crippen molar-refractivity contribution in [2.45, 2.75) is 53.4 Å². The Morgan fingerprint density at radius 2 is 1.79 bits per heavy atom. The Morgan fingerprint density at radius 3 is 2.39 bits per heavy atom. The summed E-state index contributed by atoms with van der Waals surface area (Å²) in [5.74, 6) is -0.824. The molecule has 0 saturated carbocycles. The summed E-state index contributed by atoms with van der Waals surface area (Å²) in [6.45, 7) is 11.5. The predicted octanol–water partition coefficient (Wildman–Crippen LogP) is 4.64. The van der Waals surface area contributed by atoms with Gasteiger partial charge in [0.05, 0.1) is 10.6 Å². The number of carbonyl (C=O) groups excluding carboxylic acids is 1. The number of hydrogen-bond donors (Lipinski definition) is 3. The molecule has 0 aliphatic heterocycles. The zero-order valence-corrected chi connectivity index (χ0v) is 19.8. The molecule has 0 heterocycles. The maximum absolute atomic E-state index is 12.1. The van der Waals surface area contributed by atoms with Crippen LogP contribution in [0.2, 0.25) is 0 Å². The van der Waals surface area contributed by atoms with Gasteiger partial charge in [-0.1, -0.05) is 40.7 Å². The fraction of sp³-hybridized carbons (Fsp3) is 0.417. The van der Waals surface area contributed by atoms with Crippen LogP contribution in [0.3, 0.4) is 0 Å². The van der Waals surface area contributed by atoms with E-state index in [1.54, 1.807) is 13.0 Å². The molecule has 9 nitrogen and oxygen atoms in total. The second-order valence-electron chi connectivity index (χ2n) is 9.78. The normalized spacial score (nSPS) is 12.4. The fourth-order valence-electron chi connectivity index (χ4n) is 3.83. The third kappa shape index (κ3) is 7.20. The molecule has 1 amide bonds. The minimum absolute atomic E-state index is 0.0169. The number of aromatic hydroxyl groups is 2. The van der Waals surface area contributed by atoms with Gasteiger partial charge < -0.3 is 14.9 Å². The highest BCUT2D eigenvalue weighted by atomic mass is 16.6. The second kappa shape index (κ2) is 9.89. The van der Waals surface area contributed by atoms with Crippen LogP contribution in [-0.4, -0.2) is 33.4 Å². The van der Waals surface area contributed by atoms with Crippen molar-refractivity contribution >= 4 is 17.3 Å². The SMILES string of the molecule is C/C(=N\NC(=O)COc1ccc(C(C)(C)CC(C)(C)C)cc1[N+](=O)[O-])c1cc(O)ccc1O. The molecule has 3 N–H and O–H groups in total. The van der Waals surface area contributed by atoms with Crippen LogP contribution in [0.15, 0.2) is 41.5 Å². The van der Waals surface area contributed by atoms with Gasteiger partial charge in [-0.2, -0.15) is 5.10 Å². The zero-order valence-electron chi connectivity index (χ0n) is 19.8. The molecule has 0 bridgehead atoms. The molecular weight excluding hydrogens is 426 g/mol. The van der Waals surface area contributed by atoms with Crippen LogP contribution in [0.1, 0.15) is 59.1 Å². The monoisotopic (exact) mass is 457 g/mol. The molecule has 2 aromatic rings. The number of nitro benzene ring substituents is 1. The van der Waals surface area contributed by atoms with Crippen LogP contribution in [0, 0.1) is 15.5 Å². The summed E-state index contributed by atoms with van der Waals surface area (Å²) in [6, 6.07) is 8.71. The number of phenols is 2. The molecule has 2 aromatic carbocycles. The highest BCUT2D eigenvalue weighted by molar-refractivity contribution is 6.01. The lowest BCUT2D eigenvalue weighted by molar-refractivity contribution is -0.385. The van der Waals surface area contributed by atoms with E-state index in [9.17, 15) is 25.1 Å². The molecule has 0 aromatic heterocycles. The Hall–Kier alpha value is -3.62. The van der Waals surface area contributed by atoms with E-state index < -0.39 is 17.4 Å². The molecule has 0 aliphatic rings. The van der Waals surface area contributed by atoms with Crippen LogP contribution < -0.4 is 10.2 Å². The van der Waals surface area contributed by atoms with E-state index in [1.165, 1.54) is 30.3 Å². The molecule has 178 valence electrons. The van der Waals surface area contributed by atoms with Gasteiger partial charge in [0, 0.05) is 11.6 Å². The number of hydrazone groups is 1. The van der Waals surface area contributed by atoms with Crippen LogP contribution in [-0.2, 0) is 10.2 Å². The van der Waals surface area contributed by atoms with Crippen molar-refractivity contribution in [3.63, 3.8) is 0 Å². The third-order valence-corrected chi connectivity index (χ3v) is 4.99. The number of rotatable bonds is 8. The molecule has 0 aliphatic carbocycles. The summed E-state index contributed by atoms with van der Waals surface area (Å²) in [5.41, 5.74) is 3.13. The number of hydrogen-bond acceptors (Lipinski definition) is 7. The lowest BCUT2D eigenvalue weighted by Crippen LogP contribution is -2.26. The second-order valence-corrected chi connectivity index (χ2v) is 9.78. The van der Waals surface area contributed by atoms with Gasteiger partial charge in [0.25, 0.3) is 5.91 Å². The summed E-state index contributed by atoms with van der Waals surface area (Å²) in [7, 11) is 0. The number of nitrogens with zero attached hydrogens (tertiary/aromatic N) is 2. The maximum atomic E-state index is 12.1. The van der Waals surface area contributed by atoms with E-state index in [2.05, 4.69) is 31.3 Å². The van der Waals surface area contributed by atoms with Crippen molar-refractivity contribution < 1.29 is 24.7 Å². The molecule has 0 atom stereocenters. The minimum Gasteiger partial charge on any atom is -0.508 e. The van der Waals surface area contributed by atoms with Crippen LogP contribution in [0.5, 0.6) is 17.2 Å². The van der Waals surface area contributed by atoms with Gasteiger partial charge in [0.1, 0.15) is 11.5 Å². The molecule has 2 rings (SSSR count). The van der Waals surface area contributed by atoms with Crippen molar-refractivity contribution in [1.82, 2.24) is 5.43 Å². The molecule has 0 radical (unpaired) electrons. The summed E-state index contributed by atoms with van der Waals surface area (Å²) < 4.78 is 5.40. The van der Waals surface area contributed by atoms with Crippen molar-refractivity contribution in [3.8, 4) is 17.2 Å². The van der Waals surface area contributed by atoms with E-state index >= 15 is 0 Å². The number of ether oxygens (including phenoxy) is 1. The predicted molar refractivity (Wildman–Crippen MR) is 126 cm³/mol. The first kappa shape index (κ1) is 25.6. The topological polar surface area (TPSA) is 134 Å². The van der Waals surface area contributed by atoms with Crippen molar-refractivity contribution in [2.75, 3.05) is 6.61 Å². The lowest BCUT2D eigenvalue weighted by atomic mass is 9.72. The third-order valence-electron chi connectivity index (χ3n) is 4.99. The first-order valence-corrected chi connectivity index (χ1v) is 10.5. The van der Waals surface area contributed by atoms with Gasteiger partial charge in [-0.05, 0) is 54.0 Å². The number of benzene rings is 2. The van der Waals surface area contributed by atoms with Crippen LogP contribution in [0.4, 0.5) is 5.69 Å². The quantitative estimate of drug-likeness (QED) is 0.229. The lowest BCUT2D eigenvalue weighted by Gasteiger charge is -2.33. The Labute approximate surface area is 193 Å². The van der Waals surface area contributed by atoms with E-state index in [0.29, 0.717) is 0 Å². The standard InChI is InChI=1S/C24H31N3O6/c1-15(18-12-17(28)8-9-20(18)29)25-26-22(30)13-33-21-10-7-16(11-19(21)27(31)32)24(5,6)14-23(2,3)4/h7-12,28-29H,13-14H2,1-6H3,(H,26,30)/b25-15+. The van der Waals surface area contributed by atoms with Crippen LogP contribution in [0.25, 0.3) is 0 Å². The number of phenolic OH excluding ortho intramolecular Hbond substituents is 2. The Morgan fingerprint density at radius 1 is 1.12 bits per heavy atom. The van der Waals surface area contributed by atoms with Crippen molar-refractivity contribution in [1.29, 1.82) is 0 Å². The molecule has 0 saturated heterocycles. The highest BCUT2D eigenvalue weighted by Gasteiger charge is 2.30. The molecule has 0 spiro atoms. The Bertz CT molecular complexity index is 1070. The molecule has 9 heteroatoms. The van der Waals surface area contributed by atoms with Gasteiger partial charge >= 0.3 is 5.69 Å². The van der Waals surface area contributed by atoms with E-state index in [1.807, 2.05) is 13.8 Å². The molecule has 0 unspecified atom stereocenters. The van der Waals surface area contributed by atoms with E-state index in [0.717, 1.165) is 12.0 Å². The Balaban J connectivity index is 2.12. The van der Waals surface area contributed by atoms with E-state index in [-0.39, 0.29) is 45.0 Å². The van der Waals surface area contributed by atoms with Gasteiger partial charge in [-0.15, -0.1) is 0 Å². The summed E-state index contributed by atoms with van der Waals surface area (Å²) in [6.07, 6.45) is 0.825. The largest absolute Gasteiger partial charge is 0.508 e. The summed E-state index contributed by atoms with van der Waals surface area (Å²) >= 11 is 0. The number of nitro groups is 1. The van der Waals surface area contributed by atoms with Gasteiger partial charge in [-0.25, -0.2) is 5.43 Å². The van der Waals surface area contributed by atoms with Crippen LogP contribution >= 0.6 is 0 Å². The fourth-order valence-corrected chi connectivity index (χ4v) is 3.83. The maximum Gasteiger partial charge on any atom is 0.311 e. The molecule has 33 heavy (non-hydrogen) atoms. The van der Waals surface area contributed by atoms with E-state index in [4.69, 9.17) is 4.74 Å². The number of nitrogens with one attached hydrogen (secondary N) is 1. The number of carbonyl (C=O) groups is 1. The summed E-state index contributed by atoms with van der Waals surface area (Å²) in [4.78, 5) is 23.2. The van der Waals surface area contributed by atoms with Gasteiger partial charge in [0.15, 0.2) is 12.4 Å². The molecule has 0 fully saturated rings. The van der Waals surface area contributed by atoms with Gasteiger partial charge in [0.2, 0.25) is 0 Å².